The van der Waals surface area contributed by atoms with Crippen molar-refractivity contribution in [2.75, 3.05) is 0 Å². The number of rotatable bonds is 24. The second-order valence-electron chi connectivity index (χ2n) is 15.0. The first kappa shape index (κ1) is 42.4. The lowest BCUT2D eigenvalue weighted by molar-refractivity contribution is -0.135. The molecule has 4 aromatic carbocycles. The minimum absolute atomic E-state index is 0.239. The average Bonchev–Trinajstić information content (AvgIpc) is 3.19. The third kappa shape index (κ3) is 10.4. The number of benzene rings is 4. The smallest absolute Gasteiger partial charge is 0.311 e. The molecular weight excluding hydrogens is 705 g/mol. The molecule has 8 nitrogen and oxygen atoms in total. The van der Waals surface area contributed by atoms with Gasteiger partial charge in [-0.2, -0.15) is 0 Å². The molecule has 1 aliphatic rings. The molecule has 0 radical (unpaired) electrons. The molecule has 300 valence electrons. The Morgan fingerprint density at radius 2 is 0.554 bits per heavy atom. The third-order valence-electron chi connectivity index (χ3n) is 10.5. The van der Waals surface area contributed by atoms with Crippen molar-refractivity contribution < 1.29 is 38.1 Å². The van der Waals surface area contributed by atoms with E-state index in [4.69, 9.17) is 18.9 Å². The number of carbonyl (C=O) groups is 4. The van der Waals surface area contributed by atoms with Gasteiger partial charge in [-0.25, -0.2) is 0 Å². The summed E-state index contributed by atoms with van der Waals surface area (Å²) in [6, 6.07) is 14.8. The van der Waals surface area contributed by atoms with Crippen LogP contribution in [0.25, 0.3) is 21.5 Å². The molecule has 5 rings (SSSR count). The summed E-state index contributed by atoms with van der Waals surface area (Å²) in [5.41, 5.74) is 0. The van der Waals surface area contributed by atoms with Crippen LogP contribution in [-0.2, 0) is 19.2 Å². The van der Waals surface area contributed by atoms with Gasteiger partial charge in [0.25, 0.3) is 0 Å². The molecule has 1 aliphatic carbocycles. The van der Waals surface area contributed by atoms with Gasteiger partial charge in [0, 0.05) is 68.1 Å². The Balaban J connectivity index is 1.80. The molecule has 0 amide bonds. The highest BCUT2D eigenvalue weighted by Gasteiger charge is 2.30. The van der Waals surface area contributed by atoms with Crippen molar-refractivity contribution in [1.82, 2.24) is 0 Å². The van der Waals surface area contributed by atoms with Crippen molar-refractivity contribution in [2.24, 2.45) is 0 Å². The van der Waals surface area contributed by atoms with Crippen molar-refractivity contribution in [3.8, 4) is 23.0 Å². The molecule has 0 unspecified atom stereocenters. The summed E-state index contributed by atoms with van der Waals surface area (Å²) in [4.78, 5) is 54.4. The van der Waals surface area contributed by atoms with Crippen LogP contribution in [0, 0.1) is 20.9 Å². The van der Waals surface area contributed by atoms with E-state index in [9.17, 15) is 19.2 Å². The fourth-order valence-electron chi connectivity index (χ4n) is 7.51. The third-order valence-corrected chi connectivity index (χ3v) is 10.5. The Morgan fingerprint density at radius 1 is 0.339 bits per heavy atom. The zero-order valence-electron chi connectivity index (χ0n) is 34.0. The van der Waals surface area contributed by atoms with Gasteiger partial charge in [-0.05, 0) is 25.7 Å². The Hall–Kier alpha value is -4.72. The van der Waals surface area contributed by atoms with Crippen molar-refractivity contribution in [3.63, 3.8) is 0 Å². The first-order valence-electron chi connectivity index (χ1n) is 21.3. The van der Waals surface area contributed by atoms with Gasteiger partial charge in [0.1, 0.15) is 23.0 Å². The molecule has 0 atom stereocenters. The van der Waals surface area contributed by atoms with Crippen molar-refractivity contribution >= 4 is 45.4 Å². The fourth-order valence-corrected chi connectivity index (χ4v) is 7.51. The van der Waals surface area contributed by atoms with Gasteiger partial charge in [-0.1, -0.05) is 153 Å². The monoisotopic (exact) mass is 764 g/mol. The van der Waals surface area contributed by atoms with E-state index < -0.39 is 0 Å². The van der Waals surface area contributed by atoms with E-state index in [-0.39, 0.29) is 49.6 Å². The van der Waals surface area contributed by atoms with Gasteiger partial charge in [0.2, 0.25) is 0 Å². The van der Waals surface area contributed by atoms with E-state index in [1.54, 1.807) is 0 Å². The van der Waals surface area contributed by atoms with Crippen molar-refractivity contribution in [1.29, 1.82) is 0 Å². The van der Waals surface area contributed by atoms with Crippen LogP contribution in [0.2, 0.25) is 0 Å². The number of hydrogen-bond donors (Lipinski definition) is 0. The van der Waals surface area contributed by atoms with Crippen LogP contribution in [-0.4, -0.2) is 23.9 Å². The molecular formula is C48H60O8. The normalized spacial score (nSPS) is 11.5. The zero-order valence-corrected chi connectivity index (χ0v) is 34.0. The summed E-state index contributed by atoms with van der Waals surface area (Å²) < 4.78 is 25.3. The predicted octanol–water partition coefficient (Wildman–Crippen LogP) is 12.4. The second kappa shape index (κ2) is 21.5. The molecule has 56 heavy (non-hydrogen) atoms. The lowest BCUT2D eigenvalue weighted by Crippen LogP contribution is -2.16. The maximum Gasteiger partial charge on any atom is 0.311 e. The molecule has 0 saturated heterocycles. The summed E-state index contributed by atoms with van der Waals surface area (Å²) >= 11 is 0. The molecule has 0 N–H and O–H groups in total. The molecule has 4 aromatic rings. The highest BCUT2D eigenvalue weighted by molar-refractivity contribution is 6.01. The average molecular weight is 765 g/mol. The number of ether oxygens (including phenoxy) is 4. The van der Waals surface area contributed by atoms with Crippen molar-refractivity contribution in [2.45, 2.75) is 156 Å². The topological polar surface area (TPSA) is 105 Å². The van der Waals surface area contributed by atoms with Gasteiger partial charge < -0.3 is 18.9 Å². The fraction of sp³-hybridized carbons (Fsp3) is 0.500. The Kier molecular flexibility index (Phi) is 16.3. The summed E-state index contributed by atoms with van der Waals surface area (Å²) in [6.45, 7) is 8.49. The SMILES string of the molecule is CCCCCCC(=O)Oc1c2c(c(OC(=O)CCCCCC)c3ccccc13)=c1c(OC(=O)CCCCCC)c3ccccc3c(OC(=O)CCCCCC)c1=2. The maximum absolute atomic E-state index is 13.6. The summed E-state index contributed by atoms with van der Waals surface area (Å²) in [7, 11) is 0. The minimum atomic E-state index is -0.378. The second-order valence-corrected chi connectivity index (χ2v) is 15.0. The minimum Gasteiger partial charge on any atom is -0.425 e. The van der Waals surface area contributed by atoms with Gasteiger partial charge in [0.15, 0.2) is 0 Å². The lowest BCUT2D eigenvalue weighted by Gasteiger charge is -2.22. The van der Waals surface area contributed by atoms with E-state index >= 15 is 0 Å². The largest absolute Gasteiger partial charge is 0.425 e. The quantitative estimate of drug-likeness (QED) is 0.0347. The van der Waals surface area contributed by atoms with Crippen molar-refractivity contribution in [3.05, 3.63) is 69.4 Å². The zero-order chi connectivity index (χ0) is 39.9. The summed E-state index contributed by atoms with van der Waals surface area (Å²) in [6.07, 6.45) is 15.7. The number of unbranched alkanes of at least 4 members (excludes halogenated alkanes) is 12. The van der Waals surface area contributed by atoms with E-state index in [1.807, 2.05) is 48.5 Å². The summed E-state index contributed by atoms with van der Waals surface area (Å²) in [5.74, 6) is -0.295. The standard InChI is InChI=1S/C48H60O8/c1-5-9-13-17-29-37(49)53-45-33-25-21-22-26-34(33)46(54-38(50)30-18-14-10-6-2)42-41(45)43-44(42)48(56-40(52)32-20-16-12-8-4)36-28-24-23-27-35(36)47(43)55-39(51)31-19-15-11-7-3/h21-28H,5-20,29-32H2,1-4H3. The molecule has 0 heterocycles. The predicted molar refractivity (Wildman–Crippen MR) is 221 cm³/mol. The molecule has 0 fully saturated rings. The molecule has 0 spiro atoms. The van der Waals surface area contributed by atoms with E-state index in [0.717, 1.165) is 77.0 Å². The maximum atomic E-state index is 13.6. The number of esters is 4. The highest BCUT2D eigenvalue weighted by atomic mass is 16.6. The first-order chi connectivity index (χ1) is 27.3. The first-order valence-corrected chi connectivity index (χ1v) is 21.3. The lowest BCUT2D eigenvalue weighted by atomic mass is 9.91. The number of fused-ring (bicyclic) bond motifs is 4. The summed E-state index contributed by atoms with van der Waals surface area (Å²) in [5, 5.41) is 4.34. The number of carbonyl (C=O) groups excluding carboxylic acids is 4. The van der Waals surface area contributed by atoms with E-state index in [1.165, 1.54) is 0 Å². The van der Waals surface area contributed by atoms with Crippen LogP contribution in [0.4, 0.5) is 0 Å². The van der Waals surface area contributed by atoms with Gasteiger partial charge in [0.05, 0.1) is 0 Å². The molecule has 0 saturated carbocycles. The highest BCUT2D eigenvalue weighted by Crippen LogP contribution is 2.47. The van der Waals surface area contributed by atoms with Crippen LogP contribution in [0.5, 0.6) is 23.0 Å². The Labute approximate surface area is 331 Å². The van der Waals surface area contributed by atoms with Crippen LogP contribution < -0.4 is 18.9 Å². The van der Waals surface area contributed by atoms with E-state index in [0.29, 0.717) is 91.1 Å². The molecule has 8 heteroatoms. The molecule has 0 bridgehead atoms. The van der Waals surface area contributed by atoms with E-state index in [2.05, 4.69) is 27.7 Å². The van der Waals surface area contributed by atoms with Crippen LogP contribution in [0.3, 0.4) is 0 Å². The number of hydrogen-bond acceptors (Lipinski definition) is 8. The van der Waals surface area contributed by atoms with Crippen LogP contribution in [0.15, 0.2) is 48.5 Å². The molecule has 0 aromatic heterocycles. The van der Waals surface area contributed by atoms with Gasteiger partial charge in [-0.15, -0.1) is 0 Å². The van der Waals surface area contributed by atoms with Crippen LogP contribution >= 0.6 is 0 Å². The molecule has 0 aliphatic heterocycles. The Morgan fingerprint density at radius 3 is 0.750 bits per heavy atom. The van der Waals surface area contributed by atoms with Gasteiger partial charge in [-0.3, -0.25) is 19.2 Å². The van der Waals surface area contributed by atoms with Gasteiger partial charge >= 0.3 is 23.9 Å². The Bertz CT molecular complexity index is 1870. The van der Waals surface area contributed by atoms with Crippen LogP contribution in [0.1, 0.15) is 156 Å².